The minimum absolute atomic E-state index is 0.0507. The summed E-state index contributed by atoms with van der Waals surface area (Å²) in [5.41, 5.74) is 1.95. The lowest BCUT2D eigenvalue weighted by Gasteiger charge is -2.29. The first-order chi connectivity index (χ1) is 14.7. The molecule has 0 aliphatic rings. The summed E-state index contributed by atoms with van der Waals surface area (Å²) in [5.74, 6) is 0.162. The van der Waals surface area contributed by atoms with Crippen molar-refractivity contribution in [1.29, 1.82) is 0 Å². The molecule has 1 atom stereocenters. The number of hydrogen-bond acceptors (Lipinski definition) is 1. The van der Waals surface area contributed by atoms with Crippen LogP contribution in [-0.4, -0.2) is 5.78 Å². The van der Waals surface area contributed by atoms with E-state index in [-0.39, 0.29) is 11.4 Å². The molecule has 0 bridgehead atoms. The van der Waals surface area contributed by atoms with Gasteiger partial charge in [0, 0.05) is 22.7 Å². The zero-order valence-electron chi connectivity index (χ0n) is 16.5. The molecule has 0 aliphatic heterocycles. The van der Waals surface area contributed by atoms with Gasteiger partial charge in [0.1, 0.15) is 0 Å². The Morgan fingerprint density at radius 3 is 1.63 bits per heavy atom. The van der Waals surface area contributed by atoms with Gasteiger partial charge in [-0.15, -0.1) is 0 Å². The molecule has 4 rings (SSSR count). The van der Waals surface area contributed by atoms with Crippen molar-refractivity contribution in [2.24, 2.45) is 0 Å². The van der Waals surface area contributed by atoms with Gasteiger partial charge in [-0.05, 0) is 36.2 Å². The van der Waals surface area contributed by atoms with Gasteiger partial charge < -0.3 is 0 Å². The molecule has 0 amide bonds. The number of ketones is 1. The second kappa shape index (κ2) is 9.85. The molecule has 0 heterocycles. The molecule has 0 saturated carbocycles. The fourth-order valence-corrected chi connectivity index (χ4v) is 6.60. The highest BCUT2D eigenvalue weighted by atomic mass is 35.5. The third-order valence-corrected chi connectivity index (χ3v) is 8.17. The summed E-state index contributed by atoms with van der Waals surface area (Å²) < 4.78 is 0. The molecular formula is C27H22ClOP. The van der Waals surface area contributed by atoms with Crippen LogP contribution >= 0.6 is 19.5 Å². The fraction of sp³-hybridized carbons (Fsp3) is 0.0741. The van der Waals surface area contributed by atoms with E-state index in [1.165, 1.54) is 10.6 Å². The normalized spacial score (nSPS) is 11.9. The van der Waals surface area contributed by atoms with Crippen LogP contribution in [-0.2, 0) is 0 Å². The van der Waals surface area contributed by atoms with E-state index in [0.717, 1.165) is 11.1 Å². The van der Waals surface area contributed by atoms with Crippen molar-refractivity contribution in [2.75, 3.05) is 0 Å². The first kappa shape index (κ1) is 20.5. The Morgan fingerprint density at radius 2 is 1.13 bits per heavy atom. The van der Waals surface area contributed by atoms with E-state index in [9.17, 15) is 4.79 Å². The van der Waals surface area contributed by atoms with Gasteiger partial charge in [-0.2, -0.15) is 0 Å². The topological polar surface area (TPSA) is 17.1 Å². The van der Waals surface area contributed by atoms with Gasteiger partial charge in [-0.25, -0.2) is 0 Å². The highest BCUT2D eigenvalue weighted by Gasteiger charge is 2.28. The number of carbonyl (C=O) groups is 1. The van der Waals surface area contributed by atoms with Crippen LogP contribution < -0.4 is 10.6 Å². The predicted molar refractivity (Wildman–Crippen MR) is 129 cm³/mol. The molecule has 0 fully saturated rings. The number of benzene rings is 4. The zero-order chi connectivity index (χ0) is 20.8. The molecular weight excluding hydrogens is 407 g/mol. The molecule has 148 valence electrons. The summed E-state index contributed by atoms with van der Waals surface area (Å²) in [7, 11) is -0.787. The van der Waals surface area contributed by atoms with Gasteiger partial charge in [-0.1, -0.05) is 115 Å². The minimum Gasteiger partial charge on any atom is -0.294 e. The number of rotatable bonds is 7. The van der Waals surface area contributed by atoms with Gasteiger partial charge >= 0.3 is 0 Å². The largest absolute Gasteiger partial charge is 0.294 e. The number of Topliss-reactive ketones (excluding diaryl/α,β-unsaturated/α-hetero) is 1. The molecule has 4 aromatic carbocycles. The van der Waals surface area contributed by atoms with Crippen molar-refractivity contribution in [1.82, 2.24) is 0 Å². The standard InChI is InChI=1S/C27H22ClOP/c28-23-18-16-22(17-19-23)27(20-26(29)21-10-4-1-5-11-21)30(24-12-6-2-7-13-24)25-14-8-3-9-15-25/h1-19,27H,20H2/t27-/m0/s1. The second-order valence-electron chi connectivity index (χ2n) is 7.10. The average molecular weight is 429 g/mol. The van der Waals surface area contributed by atoms with E-state index < -0.39 is 7.92 Å². The maximum absolute atomic E-state index is 13.2. The molecule has 0 unspecified atom stereocenters. The van der Waals surface area contributed by atoms with Crippen LogP contribution in [0.15, 0.2) is 115 Å². The number of halogens is 1. The third-order valence-electron chi connectivity index (χ3n) is 5.11. The van der Waals surface area contributed by atoms with Gasteiger partial charge in [-0.3, -0.25) is 4.79 Å². The first-order valence-corrected chi connectivity index (χ1v) is 11.7. The molecule has 0 radical (unpaired) electrons. The monoisotopic (exact) mass is 428 g/mol. The molecule has 0 N–H and O–H groups in total. The van der Waals surface area contributed by atoms with Gasteiger partial charge in [0.05, 0.1) is 0 Å². The third kappa shape index (κ3) is 4.87. The molecule has 0 saturated heterocycles. The summed E-state index contributed by atoms with van der Waals surface area (Å²) in [6, 6.07) is 38.6. The van der Waals surface area contributed by atoms with Gasteiger partial charge in [0.25, 0.3) is 0 Å². The fourth-order valence-electron chi connectivity index (χ4n) is 3.65. The predicted octanol–water partition coefficient (Wildman–Crippen LogP) is 6.79. The van der Waals surface area contributed by atoms with Crippen LogP contribution in [0.25, 0.3) is 0 Å². The van der Waals surface area contributed by atoms with E-state index in [1.807, 2.05) is 54.6 Å². The van der Waals surface area contributed by atoms with Crippen LogP contribution in [0.2, 0.25) is 5.02 Å². The van der Waals surface area contributed by atoms with E-state index >= 15 is 0 Å². The lowest BCUT2D eigenvalue weighted by Crippen LogP contribution is -2.19. The maximum Gasteiger partial charge on any atom is 0.163 e. The van der Waals surface area contributed by atoms with E-state index in [2.05, 4.69) is 60.7 Å². The molecule has 3 heteroatoms. The SMILES string of the molecule is O=C(C[C@@H](c1ccc(Cl)cc1)P(c1ccccc1)c1ccccc1)c1ccccc1. The lowest BCUT2D eigenvalue weighted by molar-refractivity contribution is 0.0981. The van der Waals surface area contributed by atoms with Crippen LogP contribution in [0.3, 0.4) is 0 Å². The van der Waals surface area contributed by atoms with E-state index in [0.29, 0.717) is 11.4 Å². The number of hydrogen-bond donors (Lipinski definition) is 0. The van der Waals surface area contributed by atoms with E-state index in [4.69, 9.17) is 11.6 Å². The molecule has 0 aromatic heterocycles. The highest BCUT2D eigenvalue weighted by Crippen LogP contribution is 2.51. The Bertz CT molecular complexity index is 1040. The quantitative estimate of drug-likeness (QED) is 0.234. The smallest absolute Gasteiger partial charge is 0.163 e. The van der Waals surface area contributed by atoms with Crippen LogP contribution in [0, 0.1) is 0 Å². The Hall–Kier alpha value is -2.73. The van der Waals surface area contributed by atoms with Crippen LogP contribution in [0.1, 0.15) is 28.0 Å². The summed E-state index contributed by atoms with van der Waals surface area (Å²) >= 11 is 6.17. The minimum atomic E-state index is -0.787. The molecule has 1 nitrogen and oxygen atoms in total. The molecule has 4 aromatic rings. The Labute approximate surface area is 184 Å². The Balaban J connectivity index is 1.81. The summed E-state index contributed by atoms with van der Waals surface area (Å²) in [5, 5.41) is 3.23. The van der Waals surface area contributed by atoms with Crippen molar-refractivity contribution >= 4 is 35.9 Å². The lowest BCUT2D eigenvalue weighted by atomic mass is 10.0. The molecule has 30 heavy (non-hydrogen) atoms. The van der Waals surface area contributed by atoms with Crippen molar-refractivity contribution in [2.45, 2.75) is 12.1 Å². The molecule has 0 aliphatic carbocycles. The maximum atomic E-state index is 13.2. The summed E-state index contributed by atoms with van der Waals surface area (Å²) in [6.45, 7) is 0. The van der Waals surface area contributed by atoms with Gasteiger partial charge in [0.15, 0.2) is 5.78 Å². The van der Waals surface area contributed by atoms with Crippen molar-refractivity contribution in [3.05, 3.63) is 131 Å². The summed E-state index contributed by atoms with van der Waals surface area (Å²) in [4.78, 5) is 13.2. The Morgan fingerprint density at radius 1 is 0.667 bits per heavy atom. The van der Waals surface area contributed by atoms with Crippen molar-refractivity contribution in [3.8, 4) is 0 Å². The Kier molecular flexibility index (Phi) is 6.74. The van der Waals surface area contributed by atoms with Crippen LogP contribution in [0.5, 0.6) is 0 Å². The second-order valence-corrected chi connectivity index (χ2v) is 9.93. The number of carbonyl (C=O) groups excluding carboxylic acids is 1. The molecule has 0 spiro atoms. The van der Waals surface area contributed by atoms with Gasteiger partial charge in [0.2, 0.25) is 0 Å². The zero-order valence-corrected chi connectivity index (χ0v) is 18.1. The average Bonchev–Trinajstić information content (AvgIpc) is 2.81. The van der Waals surface area contributed by atoms with Crippen molar-refractivity contribution < 1.29 is 4.79 Å². The van der Waals surface area contributed by atoms with Crippen LogP contribution in [0.4, 0.5) is 0 Å². The van der Waals surface area contributed by atoms with E-state index in [1.54, 1.807) is 0 Å². The first-order valence-electron chi connectivity index (χ1n) is 9.95. The van der Waals surface area contributed by atoms with Crippen molar-refractivity contribution in [3.63, 3.8) is 0 Å². The highest BCUT2D eigenvalue weighted by molar-refractivity contribution is 7.73. The summed E-state index contributed by atoms with van der Waals surface area (Å²) in [6.07, 6.45) is 0.446.